The van der Waals surface area contributed by atoms with Gasteiger partial charge in [-0.3, -0.25) is 10.1 Å². The van der Waals surface area contributed by atoms with E-state index in [1.165, 1.54) is 24.5 Å². The first kappa shape index (κ1) is 27.2. The van der Waals surface area contributed by atoms with Gasteiger partial charge in [0.2, 0.25) is 5.13 Å². The van der Waals surface area contributed by atoms with E-state index in [1.54, 1.807) is 31.4 Å². The molecule has 1 aromatic heterocycles. The lowest BCUT2D eigenvalue weighted by Gasteiger charge is -2.12. The molecular formula is C29H26N4O5S. The van der Waals surface area contributed by atoms with Gasteiger partial charge < -0.3 is 18.9 Å². The number of nitriles is 1. The lowest BCUT2D eigenvalue weighted by Crippen LogP contribution is -2.13. The quantitative estimate of drug-likeness (QED) is 0.148. The summed E-state index contributed by atoms with van der Waals surface area (Å²) in [4.78, 5) is 12.7. The third-order valence-corrected chi connectivity index (χ3v) is 6.24. The number of hydrogen-bond acceptors (Lipinski definition) is 9. The first-order valence-electron chi connectivity index (χ1n) is 11.9. The number of hydrogen-bond donors (Lipinski definition) is 1. The van der Waals surface area contributed by atoms with Crippen molar-refractivity contribution >= 4 is 28.5 Å². The maximum atomic E-state index is 12.7. The maximum absolute atomic E-state index is 12.7. The molecule has 39 heavy (non-hydrogen) atoms. The molecule has 0 spiro atoms. The Labute approximate surface area is 230 Å². The van der Waals surface area contributed by atoms with Gasteiger partial charge in [-0.05, 0) is 41.5 Å². The second-order valence-corrected chi connectivity index (χ2v) is 9.14. The van der Waals surface area contributed by atoms with E-state index in [0.717, 1.165) is 10.6 Å². The van der Waals surface area contributed by atoms with E-state index in [-0.39, 0.29) is 12.2 Å². The zero-order valence-corrected chi connectivity index (χ0v) is 22.2. The van der Waals surface area contributed by atoms with Gasteiger partial charge in [0.05, 0.1) is 14.2 Å². The Hall–Kier alpha value is -4.88. The Morgan fingerprint density at radius 2 is 1.72 bits per heavy atom. The summed E-state index contributed by atoms with van der Waals surface area (Å²) in [6.45, 7) is 0.595. The molecule has 0 fully saturated rings. The van der Waals surface area contributed by atoms with Crippen LogP contribution < -0.4 is 24.3 Å². The fourth-order valence-corrected chi connectivity index (χ4v) is 4.29. The van der Waals surface area contributed by atoms with Crippen LogP contribution in [0, 0.1) is 11.3 Å². The third kappa shape index (κ3) is 7.80. The van der Waals surface area contributed by atoms with Crippen LogP contribution in [0.15, 0.2) is 78.4 Å². The molecule has 0 atom stereocenters. The topological polar surface area (TPSA) is 116 Å². The van der Waals surface area contributed by atoms with Crippen LogP contribution in [0.5, 0.6) is 23.0 Å². The number of aromatic nitrogens is 2. The van der Waals surface area contributed by atoms with Crippen molar-refractivity contribution in [2.75, 3.05) is 32.8 Å². The van der Waals surface area contributed by atoms with Crippen molar-refractivity contribution < 1.29 is 23.7 Å². The summed E-state index contributed by atoms with van der Waals surface area (Å²) in [5, 5.41) is 21.5. The minimum Gasteiger partial charge on any atom is -0.497 e. The van der Waals surface area contributed by atoms with Crippen LogP contribution in [-0.4, -0.2) is 43.5 Å². The summed E-state index contributed by atoms with van der Waals surface area (Å²) in [6.07, 6.45) is 2.08. The van der Waals surface area contributed by atoms with Crippen LogP contribution in [0.4, 0.5) is 5.13 Å². The van der Waals surface area contributed by atoms with E-state index < -0.39 is 5.91 Å². The Balaban J connectivity index is 1.35. The highest BCUT2D eigenvalue weighted by molar-refractivity contribution is 7.15. The molecule has 0 saturated heterocycles. The van der Waals surface area contributed by atoms with Crippen molar-refractivity contribution in [2.24, 2.45) is 0 Å². The third-order valence-electron chi connectivity index (χ3n) is 5.40. The summed E-state index contributed by atoms with van der Waals surface area (Å²) in [6, 6.07) is 24.2. The largest absolute Gasteiger partial charge is 0.497 e. The summed E-state index contributed by atoms with van der Waals surface area (Å²) in [5.41, 5.74) is 1.60. The Kier molecular flexibility index (Phi) is 9.47. The number of anilines is 1. The van der Waals surface area contributed by atoms with Gasteiger partial charge in [0.25, 0.3) is 5.91 Å². The first-order valence-corrected chi connectivity index (χ1v) is 12.8. The average Bonchev–Trinajstić information content (AvgIpc) is 3.41. The molecular weight excluding hydrogens is 516 g/mol. The van der Waals surface area contributed by atoms with E-state index >= 15 is 0 Å². The molecule has 1 heterocycles. The number of amides is 1. The molecule has 198 valence electrons. The minimum atomic E-state index is -0.575. The Morgan fingerprint density at radius 1 is 0.923 bits per heavy atom. The summed E-state index contributed by atoms with van der Waals surface area (Å²) < 4.78 is 22.1. The van der Waals surface area contributed by atoms with E-state index in [9.17, 15) is 10.1 Å². The highest BCUT2D eigenvalue weighted by Gasteiger charge is 2.14. The SMILES string of the molecule is COc1cccc(OCCOc2ccc(/C=C(/C#N)C(=O)Nc3nnc(Cc4ccccc4)s3)cc2OC)c1. The summed E-state index contributed by atoms with van der Waals surface area (Å²) in [7, 11) is 3.11. The van der Waals surface area contributed by atoms with Crippen LogP contribution in [0.3, 0.4) is 0 Å². The molecule has 1 N–H and O–H groups in total. The van der Waals surface area contributed by atoms with Gasteiger partial charge in [-0.25, -0.2) is 0 Å². The van der Waals surface area contributed by atoms with Crippen LogP contribution in [0.2, 0.25) is 0 Å². The van der Waals surface area contributed by atoms with Gasteiger partial charge in [0.1, 0.15) is 41.4 Å². The Bertz CT molecular complexity index is 1480. The number of benzene rings is 3. The van der Waals surface area contributed by atoms with Gasteiger partial charge in [-0.1, -0.05) is 53.8 Å². The van der Waals surface area contributed by atoms with E-state index in [0.29, 0.717) is 46.7 Å². The molecule has 0 radical (unpaired) electrons. The van der Waals surface area contributed by atoms with E-state index in [4.69, 9.17) is 18.9 Å². The second-order valence-electron chi connectivity index (χ2n) is 8.07. The fourth-order valence-electron chi connectivity index (χ4n) is 3.52. The van der Waals surface area contributed by atoms with Crippen LogP contribution in [-0.2, 0) is 11.2 Å². The monoisotopic (exact) mass is 542 g/mol. The number of nitrogens with zero attached hydrogens (tertiary/aromatic N) is 3. The number of nitrogens with one attached hydrogen (secondary N) is 1. The number of methoxy groups -OCH3 is 2. The van der Waals surface area contributed by atoms with Gasteiger partial charge in [-0.2, -0.15) is 5.26 Å². The standard InChI is InChI=1S/C29H26N4O5S/c1-35-23-9-6-10-24(18-23)37-13-14-38-25-12-11-21(16-26(25)36-2)15-22(19-30)28(34)31-29-33-32-27(39-29)17-20-7-4-3-5-8-20/h3-12,15-16,18H,13-14,17H2,1-2H3,(H,31,33,34)/b22-15-. The molecule has 10 heteroatoms. The van der Waals surface area contributed by atoms with Crippen molar-refractivity contribution in [1.29, 1.82) is 5.26 Å². The van der Waals surface area contributed by atoms with Crippen molar-refractivity contribution in [3.63, 3.8) is 0 Å². The number of carbonyl (C=O) groups is 1. The van der Waals surface area contributed by atoms with E-state index in [1.807, 2.05) is 54.6 Å². The van der Waals surface area contributed by atoms with Crippen LogP contribution in [0.1, 0.15) is 16.1 Å². The Morgan fingerprint density at radius 3 is 2.49 bits per heavy atom. The van der Waals surface area contributed by atoms with Crippen molar-refractivity contribution in [3.05, 3.63) is 94.5 Å². The first-order chi connectivity index (χ1) is 19.1. The fraction of sp³-hybridized carbons (Fsp3) is 0.172. The smallest absolute Gasteiger partial charge is 0.268 e. The van der Waals surface area contributed by atoms with Crippen molar-refractivity contribution in [3.8, 4) is 29.1 Å². The van der Waals surface area contributed by atoms with Gasteiger partial charge in [0, 0.05) is 12.5 Å². The molecule has 0 aliphatic carbocycles. The van der Waals surface area contributed by atoms with Crippen LogP contribution >= 0.6 is 11.3 Å². The molecule has 9 nitrogen and oxygen atoms in total. The highest BCUT2D eigenvalue weighted by atomic mass is 32.1. The molecule has 0 unspecified atom stereocenters. The van der Waals surface area contributed by atoms with Gasteiger partial charge in [0.15, 0.2) is 11.5 Å². The molecule has 0 aliphatic heterocycles. The maximum Gasteiger partial charge on any atom is 0.268 e. The van der Waals surface area contributed by atoms with Crippen LogP contribution in [0.25, 0.3) is 6.08 Å². The number of carbonyl (C=O) groups excluding carboxylic acids is 1. The van der Waals surface area contributed by atoms with E-state index in [2.05, 4.69) is 15.5 Å². The summed E-state index contributed by atoms with van der Waals surface area (Å²) >= 11 is 1.26. The molecule has 1 amide bonds. The second kappa shape index (κ2) is 13.6. The average molecular weight is 543 g/mol. The molecule has 0 saturated carbocycles. The van der Waals surface area contributed by atoms with Crippen molar-refractivity contribution in [2.45, 2.75) is 6.42 Å². The number of rotatable bonds is 12. The predicted octanol–water partition coefficient (Wildman–Crippen LogP) is 5.15. The molecule has 4 rings (SSSR count). The molecule has 0 aliphatic rings. The molecule has 3 aromatic carbocycles. The normalized spacial score (nSPS) is 10.8. The highest BCUT2D eigenvalue weighted by Crippen LogP contribution is 2.29. The number of ether oxygens (including phenoxy) is 4. The minimum absolute atomic E-state index is 0.0859. The van der Waals surface area contributed by atoms with Gasteiger partial charge in [-0.15, -0.1) is 10.2 Å². The lowest BCUT2D eigenvalue weighted by molar-refractivity contribution is -0.112. The van der Waals surface area contributed by atoms with Gasteiger partial charge >= 0.3 is 0 Å². The lowest BCUT2D eigenvalue weighted by atomic mass is 10.1. The molecule has 4 aromatic rings. The van der Waals surface area contributed by atoms with Crippen molar-refractivity contribution in [1.82, 2.24) is 10.2 Å². The predicted molar refractivity (Wildman–Crippen MR) is 148 cm³/mol. The zero-order chi connectivity index (χ0) is 27.5. The zero-order valence-electron chi connectivity index (χ0n) is 21.4. The summed E-state index contributed by atoms with van der Waals surface area (Å²) in [5.74, 6) is 1.77. The molecule has 0 bridgehead atoms.